The van der Waals surface area contributed by atoms with Crippen molar-refractivity contribution in [2.24, 2.45) is 0 Å². The maximum Gasteiger partial charge on any atom is 0.0232 e. The summed E-state index contributed by atoms with van der Waals surface area (Å²) >= 11 is 0. The molecule has 1 rings (SSSR count). The van der Waals surface area contributed by atoms with Gasteiger partial charge in [0.2, 0.25) is 0 Å². The predicted molar refractivity (Wildman–Crippen MR) is 58.0 cm³/mol. The molecule has 1 heteroatoms. The molecule has 1 aromatic rings. The quantitative estimate of drug-likeness (QED) is 0.671. The summed E-state index contributed by atoms with van der Waals surface area (Å²) in [5.41, 5.74) is 5.64. The lowest BCUT2D eigenvalue weighted by molar-refractivity contribution is 0.400. The van der Waals surface area contributed by atoms with Crippen molar-refractivity contribution in [3.05, 3.63) is 34.4 Å². The summed E-state index contributed by atoms with van der Waals surface area (Å²) in [6.45, 7) is 7.58. The summed E-state index contributed by atoms with van der Waals surface area (Å²) in [7, 11) is 4.22. The first-order valence-electron chi connectivity index (χ1n) is 4.72. The second-order valence-corrected chi connectivity index (χ2v) is 4.12. The van der Waals surface area contributed by atoms with Crippen molar-refractivity contribution >= 4 is 0 Å². The van der Waals surface area contributed by atoms with Crippen LogP contribution in [0.15, 0.2) is 12.1 Å². The van der Waals surface area contributed by atoms with Crippen molar-refractivity contribution in [3.8, 4) is 0 Å². The molecule has 0 aliphatic heterocycles. The number of hydrogen-bond acceptors (Lipinski definition) is 1. The minimum Gasteiger partial charge on any atom is -0.305 e. The van der Waals surface area contributed by atoms with E-state index in [0.29, 0.717) is 0 Å². The molecule has 0 aliphatic carbocycles. The summed E-state index contributed by atoms with van der Waals surface area (Å²) in [5, 5.41) is 0. The van der Waals surface area contributed by atoms with Gasteiger partial charge in [-0.05, 0) is 51.6 Å². The Labute approximate surface area is 81.4 Å². The molecule has 1 nitrogen and oxygen atoms in total. The zero-order valence-electron chi connectivity index (χ0n) is 9.31. The van der Waals surface area contributed by atoms with Crippen LogP contribution in [0.25, 0.3) is 0 Å². The van der Waals surface area contributed by atoms with Gasteiger partial charge < -0.3 is 4.90 Å². The second kappa shape index (κ2) is 3.93. The maximum atomic E-state index is 2.26. The van der Waals surface area contributed by atoms with E-state index < -0.39 is 0 Å². The van der Waals surface area contributed by atoms with Gasteiger partial charge in [0.1, 0.15) is 0 Å². The Bertz CT molecular complexity index is 277. The van der Waals surface area contributed by atoms with Gasteiger partial charge in [0.25, 0.3) is 0 Å². The van der Waals surface area contributed by atoms with E-state index in [1.54, 1.807) is 0 Å². The fourth-order valence-corrected chi connectivity index (χ4v) is 1.78. The summed E-state index contributed by atoms with van der Waals surface area (Å²) in [4.78, 5) is 2.21. The van der Waals surface area contributed by atoms with E-state index in [1.807, 2.05) is 0 Å². The van der Waals surface area contributed by atoms with Gasteiger partial charge in [-0.15, -0.1) is 0 Å². The second-order valence-electron chi connectivity index (χ2n) is 4.12. The standard InChI is InChI=1S/C12H19N/c1-9-6-10(2)12(8-13(4)5)11(3)7-9/h6-7H,8H2,1-5H3. The van der Waals surface area contributed by atoms with Crippen LogP contribution in [-0.2, 0) is 6.54 Å². The Hall–Kier alpha value is -0.820. The van der Waals surface area contributed by atoms with E-state index in [-0.39, 0.29) is 0 Å². The van der Waals surface area contributed by atoms with Crippen LogP contribution in [0.4, 0.5) is 0 Å². The largest absolute Gasteiger partial charge is 0.305 e. The van der Waals surface area contributed by atoms with Crippen LogP contribution in [0.2, 0.25) is 0 Å². The van der Waals surface area contributed by atoms with Crippen LogP contribution < -0.4 is 0 Å². The highest BCUT2D eigenvalue weighted by molar-refractivity contribution is 5.37. The molecule has 0 atom stereocenters. The zero-order chi connectivity index (χ0) is 10.0. The van der Waals surface area contributed by atoms with E-state index in [4.69, 9.17) is 0 Å². The van der Waals surface area contributed by atoms with Gasteiger partial charge in [-0.3, -0.25) is 0 Å². The first-order chi connectivity index (χ1) is 6.00. The van der Waals surface area contributed by atoms with Gasteiger partial charge in [0.15, 0.2) is 0 Å². The Balaban J connectivity index is 3.06. The molecule has 1 aromatic carbocycles. The fourth-order valence-electron chi connectivity index (χ4n) is 1.78. The predicted octanol–water partition coefficient (Wildman–Crippen LogP) is 2.67. The van der Waals surface area contributed by atoms with Crippen LogP contribution >= 0.6 is 0 Å². The number of aryl methyl sites for hydroxylation is 3. The van der Waals surface area contributed by atoms with Crippen LogP contribution in [0.5, 0.6) is 0 Å². The van der Waals surface area contributed by atoms with Crippen molar-refractivity contribution in [2.75, 3.05) is 14.1 Å². The highest BCUT2D eigenvalue weighted by atomic mass is 15.0. The summed E-state index contributed by atoms with van der Waals surface area (Å²) in [6, 6.07) is 4.51. The highest BCUT2D eigenvalue weighted by Gasteiger charge is 2.03. The monoisotopic (exact) mass is 177 g/mol. The van der Waals surface area contributed by atoms with E-state index in [0.717, 1.165) is 6.54 Å². The molecule has 0 radical (unpaired) electrons. The number of benzene rings is 1. The lowest BCUT2D eigenvalue weighted by Gasteiger charge is -2.15. The Morgan fingerprint density at radius 3 is 1.85 bits per heavy atom. The lowest BCUT2D eigenvalue weighted by Crippen LogP contribution is -2.13. The highest BCUT2D eigenvalue weighted by Crippen LogP contribution is 2.17. The molecule has 0 saturated heterocycles. The minimum atomic E-state index is 1.04. The molecule has 72 valence electrons. The Kier molecular flexibility index (Phi) is 3.10. The Morgan fingerprint density at radius 2 is 1.46 bits per heavy atom. The van der Waals surface area contributed by atoms with Gasteiger partial charge in [0.05, 0.1) is 0 Å². The molecule has 0 aliphatic rings. The topological polar surface area (TPSA) is 3.24 Å². The zero-order valence-corrected chi connectivity index (χ0v) is 9.31. The van der Waals surface area contributed by atoms with E-state index in [2.05, 4.69) is 51.9 Å². The number of hydrogen-bond donors (Lipinski definition) is 0. The average molecular weight is 177 g/mol. The summed E-state index contributed by atoms with van der Waals surface area (Å²) < 4.78 is 0. The minimum absolute atomic E-state index is 1.04. The first-order valence-corrected chi connectivity index (χ1v) is 4.72. The van der Waals surface area contributed by atoms with Gasteiger partial charge in [-0.2, -0.15) is 0 Å². The van der Waals surface area contributed by atoms with Gasteiger partial charge in [0, 0.05) is 6.54 Å². The van der Waals surface area contributed by atoms with E-state index in [9.17, 15) is 0 Å². The number of rotatable bonds is 2. The third-order valence-electron chi connectivity index (χ3n) is 2.31. The van der Waals surface area contributed by atoms with Gasteiger partial charge >= 0.3 is 0 Å². The Morgan fingerprint density at radius 1 is 1.00 bits per heavy atom. The molecule has 0 spiro atoms. The fraction of sp³-hybridized carbons (Fsp3) is 0.500. The average Bonchev–Trinajstić information content (AvgIpc) is 1.96. The SMILES string of the molecule is Cc1cc(C)c(CN(C)C)c(C)c1. The van der Waals surface area contributed by atoms with Crippen molar-refractivity contribution in [1.29, 1.82) is 0 Å². The third-order valence-corrected chi connectivity index (χ3v) is 2.31. The molecule has 0 heterocycles. The van der Waals surface area contributed by atoms with Gasteiger partial charge in [-0.25, -0.2) is 0 Å². The molecule has 0 fully saturated rings. The van der Waals surface area contributed by atoms with E-state index in [1.165, 1.54) is 22.3 Å². The summed E-state index contributed by atoms with van der Waals surface area (Å²) in [5.74, 6) is 0. The smallest absolute Gasteiger partial charge is 0.0232 e. The molecule has 0 bridgehead atoms. The molecule has 0 saturated carbocycles. The van der Waals surface area contributed by atoms with Crippen molar-refractivity contribution < 1.29 is 0 Å². The van der Waals surface area contributed by atoms with Crippen LogP contribution in [-0.4, -0.2) is 19.0 Å². The summed E-state index contributed by atoms with van der Waals surface area (Å²) in [6.07, 6.45) is 0. The van der Waals surface area contributed by atoms with Gasteiger partial charge in [-0.1, -0.05) is 17.7 Å². The van der Waals surface area contributed by atoms with Crippen molar-refractivity contribution in [3.63, 3.8) is 0 Å². The van der Waals surface area contributed by atoms with E-state index >= 15 is 0 Å². The maximum absolute atomic E-state index is 2.26. The van der Waals surface area contributed by atoms with Crippen molar-refractivity contribution in [2.45, 2.75) is 27.3 Å². The molecule has 0 N–H and O–H groups in total. The third kappa shape index (κ3) is 2.56. The molecule has 0 aromatic heterocycles. The molecular formula is C12H19N. The molecule has 13 heavy (non-hydrogen) atoms. The van der Waals surface area contributed by atoms with Crippen LogP contribution in [0.3, 0.4) is 0 Å². The molecule has 0 unspecified atom stereocenters. The van der Waals surface area contributed by atoms with Crippen LogP contribution in [0.1, 0.15) is 22.3 Å². The molecule has 0 amide bonds. The normalized spacial score (nSPS) is 10.9. The van der Waals surface area contributed by atoms with Crippen molar-refractivity contribution in [1.82, 2.24) is 4.90 Å². The first kappa shape index (κ1) is 10.3. The number of nitrogens with zero attached hydrogens (tertiary/aromatic N) is 1. The molecular weight excluding hydrogens is 158 g/mol. The van der Waals surface area contributed by atoms with Crippen LogP contribution in [0, 0.1) is 20.8 Å². The lowest BCUT2D eigenvalue weighted by atomic mass is 10.00.